The van der Waals surface area contributed by atoms with E-state index in [0.29, 0.717) is 18.0 Å². The lowest BCUT2D eigenvalue weighted by atomic mass is 10.1. The highest BCUT2D eigenvalue weighted by atomic mass is 35.5. The largest absolute Gasteiger partial charge is 0.462 e. The van der Waals surface area contributed by atoms with Crippen molar-refractivity contribution in [2.45, 2.75) is 13.5 Å². The zero-order valence-corrected chi connectivity index (χ0v) is 11.1. The summed E-state index contributed by atoms with van der Waals surface area (Å²) in [5, 5.41) is 1.05. The Balaban J connectivity index is 0.00000144. The van der Waals surface area contributed by atoms with Crippen molar-refractivity contribution in [3.63, 3.8) is 0 Å². The van der Waals surface area contributed by atoms with Gasteiger partial charge in [0.2, 0.25) is 0 Å². The molecule has 1 aromatic heterocycles. The minimum atomic E-state index is -0.252. The second kappa shape index (κ2) is 6.00. The van der Waals surface area contributed by atoms with E-state index in [1.54, 1.807) is 6.92 Å². The normalized spacial score (nSPS) is 10.0. The Bertz CT molecular complexity index is 524. The summed E-state index contributed by atoms with van der Waals surface area (Å²) in [4.78, 5) is 12.2. The number of rotatable bonds is 3. The maximum atomic E-state index is 11.5. The topological polar surface area (TPSA) is 52.3 Å². The first-order chi connectivity index (χ1) is 7.74. The number of fused-ring (bicyclic) bond motifs is 1. The van der Waals surface area contributed by atoms with Gasteiger partial charge in [-0.15, -0.1) is 23.7 Å². The molecule has 0 unspecified atom stereocenters. The molecule has 3 nitrogen and oxygen atoms in total. The Hall–Kier alpha value is -1.10. The van der Waals surface area contributed by atoms with Crippen molar-refractivity contribution < 1.29 is 9.53 Å². The molecule has 0 amide bonds. The molecule has 0 atom stereocenters. The van der Waals surface area contributed by atoms with Crippen LogP contribution in [0.15, 0.2) is 24.3 Å². The van der Waals surface area contributed by atoms with Crippen LogP contribution in [0.25, 0.3) is 10.1 Å². The number of benzene rings is 1. The first kappa shape index (κ1) is 14.0. The van der Waals surface area contributed by atoms with Crippen molar-refractivity contribution in [3.8, 4) is 0 Å². The van der Waals surface area contributed by atoms with Gasteiger partial charge in [0.05, 0.1) is 6.61 Å². The maximum Gasteiger partial charge on any atom is 0.348 e. The number of halogens is 1. The summed E-state index contributed by atoms with van der Waals surface area (Å²) in [6.45, 7) is 2.72. The van der Waals surface area contributed by atoms with Gasteiger partial charge in [-0.1, -0.05) is 6.07 Å². The summed E-state index contributed by atoms with van der Waals surface area (Å²) in [5.41, 5.74) is 6.64. The Kier molecular flexibility index (Phi) is 4.93. The molecule has 1 aromatic carbocycles. The van der Waals surface area contributed by atoms with Crippen molar-refractivity contribution in [2.75, 3.05) is 6.61 Å². The summed E-state index contributed by atoms with van der Waals surface area (Å²) >= 11 is 1.45. The average molecular weight is 272 g/mol. The number of hydrogen-bond donors (Lipinski definition) is 1. The molecule has 0 aliphatic heterocycles. The number of thiophene rings is 1. The highest BCUT2D eigenvalue weighted by Gasteiger charge is 2.10. The second-order valence-electron chi connectivity index (χ2n) is 3.41. The van der Waals surface area contributed by atoms with Gasteiger partial charge in [-0.25, -0.2) is 4.79 Å². The molecule has 2 rings (SSSR count). The van der Waals surface area contributed by atoms with Gasteiger partial charge in [-0.3, -0.25) is 0 Å². The predicted molar refractivity (Wildman–Crippen MR) is 72.9 cm³/mol. The van der Waals surface area contributed by atoms with Crippen molar-refractivity contribution in [1.29, 1.82) is 0 Å². The minimum absolute atomic E-state index is 0. The molecule has 2 aromatic rings. The van der Waals surface area contributed by atoms with Crippen LogP contribution in [0.4, 0.5) is 0 Å². The molecule has 17 heavy (non-hydrogen) atoms. The van der Waals surface area contributed by atoms with E-state index in [4.69, 9.17) is 10.5 Å². The molecule has 0 saturated carbocycles. The number of esters is 1. The number of hydrogen-bond acceptors (Lipinski definition) is 4. The van der Waals surface area contributed by atoms with Crippen LogP contribution in [0.5, 0.6) is 0 Å². The molecule has 0 saturated heterocycles. The number of carbonyl (C=O) groups is 1. The van der Waals surface area contributed by atoms with Crippen LogP contribution in [-0.4, -0.2) is 12.6 Å². The third-order valence-corrected chi connectivity index (χ3v) is 3.39. The first-order valence-electron chi connectivity index (χ1n) is 5.14. The Morgan fingerprint density at radius 2 is 2.18 bits per heavy atom. The van der Waals surface area contributed by atoms with Gasteiger partial charge < -0.3 is 10.5 Å². The van der Waals surface area contributed by atoms with Gasteiger partial charge in [-0.05, 0) is 36.1 Å². The van der Waals surface area contributed by atoms with Crippen molar-refractivity contribution in [3.05, 3.63) is 34.7 Å². The lowest BCUT2D eigenvalue weighted by molar-refractivity contribution is 0.0532. The SMILES string of the molecule is CCOC(=O)c1cc2cc(CN)ccc2s1.Cl. The summed E-state index contributed by atoms with van der Waals surface area (Å²) in [6, 6.07) is 7.84. The van der Waals surface area contributed by atoms with E-state index in [9.17, 15) is 4.79 Å². The van der Waals surface area contributed by atoms with Crippen LogP contribution in [0.2, 0.25) is 0 Å². The van der Waals surface area contributed by atoms with Crippen molar-refractivity contribution in [1.82, 2.24) is 0 Å². The van der Waals surface area contributed by atoms with E-state index < -0.39 is 0 Å². The molecular weight excluding hydrogens is 258 g/mol. The smallest absolute Gasteiger partial charge is 0.348 e. The minimum Gasteiger partial charge on any atom is -0.462 e. The standard InChI is InChI=1S/C12H13NO2S.ClH/c1-2-15-12(14)11-6-9-5-8(7-13)3-4-10(9)16-11;/h3-6H,2,7,13H2,1H3;1H. The van der Waals surface area contributed by atoms with Crippen LogP contribution in [0, 0.1) is 0 Å². The zero-order chi connectivity index (χ0) is 11.5. The highest BCUT2D eigenvalue weighted by Crippen LogP contribution is 2.27. The van der Waals surface area contributed by atoms with Crippen molar-refractivity contribution in [2.24, 2.45) is 5.73 Å². The summed E-state index contributed by atoms with van der Waals surface area (Å²) < 4.78 is 6.04. The summed E-state index contributed by atoms with van der Waals surface area (Å²) in [7, 11) is 0. The zero-order valence-electron chi connectivity index (χ0n) is 9.43. The van der Waals surface area contributed by atoms with E-state index in [2.05, 4.69) is 0 Å². The van der Waals surface area contributed by atoms with Crippen LogP contribution >= 0.6 is 23.7 Å². The van der Waals surface area contributed by atoms with Crippen LogP contribution < -0.4 is 5.73 Å². The predicted octanol–water partition coefficient (Wildman–Crippen LogP) is 2.96. The number of ether oxygens (including phenoxy) is 1. The van der Waals surface area contributed by atoms with E-state index in [1.165, 1.54) is 11.3 Å². The van der Waals surface area contributed by atoms with Gasteiger partial charge in [-0.2, -0.15) is 0 Å². The quantitative estimate of drug-likeness (QED) is 0.873. The Morgan fingerprint density at radius 1 is 1.41 bits per heavy atom. The first-order valence-corrected chi connectivity index (χ1v) is 5.96. The fraction of sp³-hybridized carbons (Fsp3) is 0.250. The molecule has 1 heterocycles. The number of nitrogens with two attached hydrogens (primary N) is 1. The molecule has 0 spiro atoms. The fourth-order valence-corrected chi connectivity index (χ4v) is 2.46. The summed E-state index contributed by atoms with van der Waals surface area (Å²) in [6.07, 6.45) is 0. The molecule has 0 aliphatic carbocycles. The van der Waals surface area contributed by atoms with Crippen LogP contribution in [0.1, 0.15) is 22.2 Å². The lowest BCUT2D eigenvalue weighted by Gasteiger charge is -1.95. The third-order valence-electron chi connectivity index (χ3n) is 2.29. The molecular formula is C12H14ClNO2S. The molecule has 5 heteroatoms. The van der Waals surface area contributed by atoms with Gasteiger partial charge >= 0.3 is 5.97 Å². The second-order valence-corrected chi connectivity index (χ2v) is 4.49. The Morgan fingerprint density at radius 3 is 2.82 bits per heavy atom. The van der Waals surface area contributed by atoms with Gasteiger partial charge in [0, 0.05) is 11.2 Å². The molecule has 92 valence electrons. The number of carbonyl (C=O) groups excluding carboxylic acids is 1. The highest BCUT2D eigenvalue weighted by molar-refractivity contribution is 7.20. The monoisotopic (exact) mass is 271 g/mol. The van der Waals surface area contributed by atoms with E-state index in [0.717, 1.165) is 15.6 Å². The molecule has 0 radical (unpaired) electrons. The molecule has 0 aliphatic rings. The third kappa shape index (κ3) is 2.97. The molecule has 2 N–H and O–H groups in total. The average Bonchev–Trinajstić information content (AvgIpc) is 2.71. The van der Waals surface area contributed by atoms with Crippen molar-refractivity contribution >= 4 is 39.8 Å². The Labute approximate surface area is 110 Å². The van der Waals surface area contributed by atoms with Crippen LogP contribution in [-0.2, 0) is 11.3 Å². The van der Waals surface area contributed by atoms with E-state index in [1.807, 2.05) is 24.3 Å². The summed E-state index contributed by atoms with van der Waals surface area (Å²) in [5.74, 6) is -0.252. The van der Waals surface area contributed by atoms with Gasteiger partial charge in [0.1, 0.15) is 4.88 Å². The van der Waals surface area contributed by atoms with Gasteiger partial charge in [0.25, 0.3) is 0 Å². The lowest BCUT2D eigenvalue weighted by Crippen LogP contribution is -2.01. The molecule has 0 bridgehead atoms. The fourth-order valence-electron chi connectivity index (χ4n) is 1.52. The van der Waals surface area contributed by atoms with E-state index in [-0.39, 0.29) is 18.4 Å². The van der Waals surface area contributed by atoms with Crippen LogP contribution in [0.3, 0.4) is 0 Å². The van der Waals surface area contributed by atoms with E-state index >= 15 is 0 Å². The maximum absolute atomic E-state index is 11.5. The molecule has 0 fully saturated rings. The van der Waals surface area contributed by atoms with Gasteiger partial charge in [0.15, 0.2) is 0 Å².